The van der Waals surface area contributed by atoms with Crippen molar-refractivity contribution in [2.75, 3.05) is 40.4 Å². The van der Waals surface area contributed by atoms with Gasteiger partial charge in [-0.05, 0) is 59.2 Å². The molecule has 0 heterocycles. The van der Waals surface area contributed by atoms with Gasteiger partial charge in [0.05, 0.1) is 0 Å². The maximum Gasteiger partial charge on any atom is 0.228 e. The molecule has 0 rings (SSSR count). The molecular weight excluding hydrogens is 552 g/mol. The van der Waals surface area contributed by atoms with Crippen LogP contribution in [0.2, 0.25) is 0 Å². The highest BCUT2D eigenvalue weighted by Gasteiger charge is 2.32. The Morgan fingerprint density at radius 1 is 0.600 bits per heavy atom. The third-order valence-corrected chi connectivity index (χ3v) is 9.21. The molecule has 0 aromatic heterocycles. The Bertz CT molecular complexity index is 550. The van der Waals surface area contributed by atoms with Crippen LogP contribution in [0.5, 0.6) is 0 Å². The van der Waals surface area contributed by atoms with Crippen LogP contribution in [0.4, 0.5) is 0 Å². The number of rotatable bonds is 30. The monoisotopic (exact) mass is 641 g/mol. The fourth-order valence-corrected chi connectivity index (χ4v) is 5.84. The molecule has 0 aliphatic heterocycles. The summed E-state index contributed by atoms with van der Waals surface area (Å²) in [6.07, 6.45) is 29.5. The summed E-state index contributed by atoms with van der Waals surface area (Å²) >= 11 is 0. The number of hydrogen-bond acceptors (Lipinski definition) is 3. The molecule has 0 aliphatic carbocycles. The maximum absolute atomic E-state index is 13.5. The lowest BCUT2D eigenvalue weighted by Gasteiger charge is -2.35. The Balaban J connectivity index is -0.00000124. The summed E-state index contributed by atoms with van der Waals surface area (Å²) in [6, 6.07) is 0.417. The molecule has 0 radical (unpaired) electrons. The van der Waals surface area contributed by atoms with Gasteiger partial charge in [0.25, 0.3) is 0 Å². The van der Waals surface area contributed by atoms with Gasteiger partial charge in [-0.15, -0.1) is 0 Å². The maximum atomic E-state index is 13.5. The van der Waals surface area contributed by atoms with Gasteiger partial charge in [0, 0.05) is 31.7 Å². The minimum atomic E-state index is -0.255. The van der Waals surface area contributed by atoms with Crippen LogP contribution in [0, 0.1) is 5.41 Å². The van der Waals surface area contributed by atoms with Crippen molar-refractivity contribution in [3.05, 3.63) is 0 Å². The summed E-state index contributed by atoms with van der Waals surface area (Å²) in [5, 5.41) is 0. The lowest BCUT2D eigenvalue weighted by atomic mass is 9.84. The molecule has 0 saturated heterocycles. The molecule has 274 valence electrons. The minimum absolute atomic E-state index is 0.255. The van der Waals surface area contributed by atoms with Crippen LogP contribution in [-0.4, -0.2) is 62.1 Å². The molecule has 4 heteroatoms. The molecule has 0 N–H and O–H groups in total. The molecule has 0 atom stereocenters. The Hall–Kier alpha value is -0.610. The third-order valence-electron chi connectivity index (χ3n) is 9.21. The van der Waals surface area contributed by atoms with E-state index in [-0.39, 0.29) is 5.41 Å². The molecular formula is C41H88N2O2. The first-order chi connectivity index (χ1) is 21.7. The Labute approximate surface area is 286 Å². The quantitative estimate of drug-likeness (QED) is 0.0732. The number of amides is 1. The Morgan fingerprint density at radius 3 is 1.49 bits per heavy atom. The van der Waals surface area contributed by atoms with E-state index >= 15 is 0 Å². The summed E-state index contributed by atoms with van der Waals surface area (Å²) in [6.45, 7) is 23.5. The molecule has 0 bridgehead atoms. The molecule has 0 unspecified atom stereocenters. The second-order valence-corrected chi connectivity index (χ2v) is 13.9. The van der Waals surface area contributed by atoms with Gasteiger partial charge in [-0.3, -0.25) is 4.79 Å². The molecule has 45 heavy (non-hydrogen) atoms. The van der Waals surface area contributed by atoms with Crippen molar-refractivity contribution < 1.29 is 9.53 Å². The Kier molecular flexibility index (Phi) is 41.0. The molecule has 0 aliphatic rings. The molecule has 0 saturated carbocycles. The lowest BCUT2D eigenvalue weighted by Crippen LogP contribution is -2.44. The van der Waals surface area contributed by atoms with E-state index in [9.17, 15) is 4.79 Å². The molecule has 0 fully saturated rings. The van der Waals surface area contributed by atoms with Gasteiger partial charge >= 0.3 is 0 Å². The number of carbonyl (C=O) groups excluding carboxylic acids is 1. The highest BCUT2D eigenvalue weighted by atomic mass is 16.5. The van der Waals surface area contributed by atoms with E-state index in [1.165, 1.54) is 142 Å². The van der Waals surface area contributed by atoms with Crippen molar-refractivity contribution >= 4 is 5.91 Å². The minimum Gasteiger partial charge on any atom is -0.382 e. The molecule has 0 spiro atoms. The van der Waals surface area contributed by atoms with Crippen LogP contribution >= 0.6 is 0 Å². The van der Waals surface area contributed by atoms with E-state index in [0.717, 1.165) is 32.5 Å². The number of ether oxygens (including phenoxy) is 1. The van der Waals surface area contributed by atoms with E-state index in [1.54, 1.807) is 0 Å². The molecule has 0 aromatic carbocycles. The average molecular weight is 641 g/mol. The topological polar surface area (TPSA) is 32.8 Å². The lowest BCUT2D eigenvalue weighted by molar-refractivity contribution is -0.142. The fourth-order valence-electron chi connectivity index (χ4n) is 5.84. The third kappa shape index (κ3) is 33.1. The smallest absolute Gasteiger partial charge is 0.228 e. The highest BCUT2D eigenvalue weighted by Crippen LogP contribution is 2.29. The first-order valence-electron chi connectivity index (χ1n) is 20.2. The molecule has 0 aromatic rings. The van der Waals surface area contributed by atoms with Gasteiger partial charge in [0.15, 0.2) is 0 Å². The van der Waals surface area contributed by atoms with Crippen molar-refractivity contribution in [3.8, 4) is 0 Å². The van der Waals surface area contributed by atoms with E-state index < -0.39 is 0 Å². The predicted molar refractivity (Wildman–Crippen MR) is 205 cm³/mol. The second kappa shape index (κ2) is 37.8. The van der Waals surface area contributed by atoms with Crippen molar-refractivity contribution in [2.45, 2.75) is 216 Å². The summed E-state index contributed by atoms with van der Waals surface area (Å²) in [5.41, 5.74) is -0.255. The van der Waals surface area contributed by atoms with Crippen LogP contribution in [0.3, 0.4) is 0 Å². The summed E-state index contributed by atoms with van der Waals surface area (Å²) < 4.78 is 5.44. The van der Waals surface area contributed by atoms with Crippen molar-refractivity contribution in [2.24, 2.45) is 5.41 Å². The van der Waals surface area contributed by atoms with Crippen LogP contribution < -0.4 is 0 Å². The van der Waals surface area contributed by atoms with Crippen LogP contribution in [0.15, 0.2) is 0 Å². The van der Waals surface area contributed by atoms with Crippen LogP contribution in [0.25, 0.3) is 0 Å². The summed E-state index contributed by atoms with van der Waals surface area (Å²) in [5.74, 6) is 0.360. The normalized spacial score (nSPS) is 11.3. The van der Waals surface area contributed by atoms with E-state index in [0.29, 0.717) is 11.9 Å². The largest absolute Gasteiger partial charge is 0.382 e. The van der Waals surface area contributed by atoms with Gasteiger partial charge in [0.2, 0.25) is 5.91 Å². The van der Waals surface area contributed by atoms with E-state index in [4.69, 9.17) is 4.74 Å². The van der Waals surface area contributed by atoms with Crippen molar-refractivity contribution in [3.63, 3.8) is 0 Å². The second-order valence-electron chi connectivity index (χ2n) is 13.9. The molecule has 4 nitrogen and oxygen atoms in total. The number of unbranched alkanes of at least 4 members (excludes halogenated alkanes) is 16. The van der Waals surface area contributed by atoms with Crippen molar-refractivity contribution in [1.29, 1.82) is 0 Å². The zero-order valence-corrected chi connectivity index (χ0v) is 33.4. The highest BCUT2D eigenvalue weighted by molar-refractivity contribution is 5.82. The fraction of sp³-hybridized carbons (Fsp3) is 0.976. The van der Waals surface area contributed by atoms with Gasteiger partial charge in [0.1, 0.15) is 0 Å². The first kappa shape index (κ1) is 48.8. The van der Waals surface area contributed by atoms with Gasteiger partial charge in [-0.2, -0.15) is 0 Å². The van der Waals surface area contributed by atoms with Crippen LogP contribution in [-0.2, 0) is 9.53 Å². The van der Waals surface area contributed by atoms with Crippen molar-refractivity contribution in [1.82, 2.24) is 9.80 Å². The number of hydrogen-bond donors (Lipinski definition) is 0. The number of carbonyl (C=O) groups is 1. The van der Waals surface area contributed by atoms with Crippen LogP contribution in [0.1, 0.15) is 210 Å². The van der Waals surface area contributed by atoms with Gasteiger partial charge in [-0.1, -0.05) is 171 Å². The zero-order chi connectivity index (χ0) is 34.6. The molecule has 1 amide bonds. The number of nitrogens with zero attached hydrogens (tertiary/aromatic N) is 2. The standard InChI is InChI=1S/C30H61NO2.C9H21N.C2H6/c1-7-10-12-14-16-20-24-28(25-21-17-15-13-11-8-2)31(6)29(32)30(4,5)26-22-18-19-23-27-33-9-3;1-4-6-7-8-9-10(3)5-2;1-2/h28H,7-27H2,1-6H3;4-9H2,1-3H3;1-2H3. The zero-order valence-electron chi connectivity index (χ0n) is 33.4. The van der Waals surface area contributed by atoms with E-state index in [2.05, 4.69) is 72.4 Å². The van der Waals surface area contributed by atoms with Gasteiger partial charge < -0.3 is 14.5 Å². The SMILES string of the molecule is CC.CCCCCCCCC(CCCCCCCC)N(C)C(=O)C(C)(C)CCCCCCOCC.CCCCCCN(C)CC. The van der Waals surface area contributed by atoms with E-state index in [1.807, 2.05) is 13.8 Å². The summed E-state index contributed by atoms with van der Waals surface area (Å²) in [4.78, 5) is 18.0. The summed E-state index contributed by atoms with van der Waals surface area (Å²) in [7, 11) is 4.27. The predicted octanol–water partition coefficient (Wildman–Crippen LogP) is 12.9. The average Bonchev–Trinajstić information content (AvgIpc) is 3.05. The Morgan fingerprint density at radius 2 is 1.02 bits per heavy atom. The van der Waals surface area contributed by atoms with Gasteiger partial charge in [-0.25, -0.2) is 0 Å². The first-order valence-corrected chi connectivity index (χ1v) is 20.2.